The highest BCUT2D eigenvalue weighted by molar-refractivity contribution is 5.85. The summed E-state index contributed by atoms with van der Waals surface area (Å²) in [6, 6.07) is 0. The van der Waals surface area contributed by atoms with E-state index in [1.165, 1.54) is 12.8 Å². The van der Waals surface area contributed by atoms with Crippen molar-refractivity contribution in [1.29, 1.82) is 0 Å². The normalized spacial score (nSPS) is 29.3. The van der Waals surface area contributed by atoms with E-state index in [1.807, 2.05) is 4.90 Å². The van der Waals surface area contributed by atoms with Gasteiger partial charge in [-0.2, -0.15) is 0 Å². The summed E-state index contributed by atoms with van der Waals surface area (Å²) in [5.74, 6) is 0.993. The van der Waals surface area contributed by atoms with E-state index in [0.29, 0.717) is 13.2 Å². The minimum Gasteiger partial charge on any atom is -0.366 e. The fraction of sp³-hybridized carbons (Fsp3) is 0.923. The molecule has 2 atom stereocenters. The molecule has 0 aromatic rings. The van der Waals surface area contributed by atoms with Gasteiger partial charge in [-0.05, 0) is 25.2 Å². The molecule has 106 valence electrons. The van der Waals surface area contributed by atoms with E-state index in [-0.39, 0.29) is 24.4 Å². The van der Waals surface area contributed by atoms with Crippen LogP contribution >= 0.6 is 12.4 Å². The summed E-state index contributed by atoms with van der Waals surface area (Å²) in [5, 5.41) is 3.22. The van der Waals surface area contributed by atoms with Gasteiger partial charge >= 0.3 is 0 Å². The summed E-state index contributed by atoms with van der Waals surface area (Å²) >= 11 is 0. The molecule has 2 heterocycles. The number of carbonyl (C=O) groups is 1. The SMILES string of the molecule is CCC1CCCN(C(=O)C2CNCCO2)CC1.Cl. The number of ether oxygens (including phenoxy) is 1. The highest BCUT2D eigenvalue weighted by Crippen LogP contribution is 2.20. The van der Waals surface area contributed by atoms with Crippen LogP contribution in [0, 0.1) is 5.92 Å². The van der Waals surface area contributed by atoms with Crippen molar-refractivity contribution in [2.24, 2.45) is 5.92 Å². The summed E-state index contributed by atoms with van der Waals surface area (Å²) in [4.78, 5) is 14.3. The highest BCUT2D eigenvalue weighted by atomic mass is 35.5. The van der Waals surface area contributed by atoms with Crippen LogP contribution in [0.25, 0.3) is 0 Å². The molecular weight excluding hydrogens is 252 g/mol. The largest absolute Gasteiger partial charge is 0.366 e. The molecule has 2 aliphatic rings. The molecule has 0 aromatic heterocycles. The van der Waals surface area contributed by atoms with Crippen molar-refractivity contribution in [2.75, 3.05) is 32.8 Å². The molecule has 0 bridgehead atoms. The Kier molecular flexibility index (Phi) is 6.97. The molecule has 0 radical (unpaired) electrons. The molecule has 0 spiro atoms. The average molecular weight is 277 g/mol. The number of nitrogens with zero attached hydrogens (tertiary/aromatic N) is 1. The van der Waals surface area contributed by atoms with Crippen LogP contribution in [0.4, 0.5) is 0 Å². The van der Waals surface area contributed by atoms with Crippen molar-refractivity contribution in [2.45, 2.75) is 38.7 Å². The zero-order valence-electron chi connectivity index (χ0n) is 11.2. The zero-order valence-corrected chi connectivity index (χ0v) is 12.0. The Bertz CT molecular complexity index is 257. The van der Waals surface area contributed by atoms with Crippen LogP contribution in [0.15, 0.2) is 0 Å². The smallest absolute Gasteiger partial charge is 0.253 e. The van der Waals surface area contributed by atoms with Gasteiger partial charge in [0.1, 0.15) is 6.10 Å². The number of morpholine rings is 1. The molecule has 5 heteroatoms. The van der Waals surface area contributed by atoms with Crippen molar-refractivity contribution in [3.63, 3.8) is 0 Å². The van der Waals surface area contributed by atoms with Gasteiger partial charge in [0.25, 0.3) is 5.91 Å². The number of hydrogen-bond acceptors (Lipinski definition) is 3. The van der Waals surface area contributed by atoms with E-state index >= 15 is 0 Å². The molecule has 4 nitrogen and oxygen atoms in total. The third-order valence-corrected chi connectivity index (χ3v) is 3.94. The van der Waals surface area contributed by atoms with Crippen molar-refractivity contribution in [3.8, 4) is 0 Å². The van der Waals surface area contributed by atoms with Gasteiger partial charge in [0.2, 0.25) is 0 Å². The summed E-state index contributed by atoms with van der Waals surface area (Å²) < 4.78 is 5.53. The molecule has 2 saturated heterocycles. The van der Waals surface area contributed by atoms with Gasteiger partial charge in [0.05, 0.1) is 6.61 Å². The maximum Gasteiger partial charge on any atom is 0.253 e. The van der Waals surface area contributed by atoms with Gasteiger partial charge < -0.3 is 15.0 Å². The molecule has 2 unspecified atom stereocenters. The van der Waals surface area contributed by atoms with E-state index in [4.69, 9.17) is 4.74 Å². The number of carbonyl (C=O) groups excluding carboxylic acids is 1. The Hall–Kier alpha value is -0.320. The number of halogens is 1. The highest BCUT2D eigenvalue weighted by Gasteiger charge is 2.28. The summed E-state index contributed by atoms with van der Waals surface area (Å²) in [6.45, 7) is 6.26. The third-order valence-electron chi connectivity index (χ3n) is 3.94. The number of likely N-dealkylation sites (tertiary alicyclic amines) is 1. The van der Waals surface area contributed by atoms with Crippen LogP contribution in [0.3, 0.4) is 0 Å². The Morgan fingerprint density at radius 1 is 1.39 bits per heavy atom. The van der Waals surface area contributed by atoms with Crippen LogP contribution < -0.4 is 5.32 Å². The lowest BCUT2D eigenvalue weighted by Crippen LogP contribution is -2.49. The first-order valence-corrected chi connectivity index (χ1v) is 6.92. The lowest BCUT2D eigenvalue weighted by molar-refractivity contribution is -0.145. The van der Waals surface area contributed by atoms with E-state index in [2.05, 4.69) is 12.2 Å². The van der Waals surface area contributed by atoms with Crippen LogP contribution in [0.5, 0.6) is 0 Å². The number of nitrogens with one attached hydrogen (secondary N) is 1. The topological polar surface area (TPSA) is 41.6 Å². The lowest BCUT2D eigenvalue weighted by atomic mass is 9.98. The number of amides is 1. The van der Waals surface area contributed by atoms with E-state index in [9.17, 15) is 4.79 Å². The van der Waals surface area contributed by atoms with Crippen LogP contribution in [0.1, 0.15) is 32.6 Å². The number of hydrogen-bond donors (Lipinski definition) is 1. The van der Waals surface area contributed by atoms with Gasteiger partial charge in [0.15, 0.2) is 0 Å². The molecule has 1 N–H and O–H groups in total. The summed E-state index contributed by atoms with van der Waals surface area (Å²) in [7, 11) is 0. The first-order chi connectivity index (χ1) is 8.31. The van der Waals surface area contributed by atoms with Crippen molar-refractivity contribution < 1.29 is 9.53 Å². The third kappa shape index (κ3) is 4.11. The number of rotatable bonds is 2. The van der Waals surface area contributed by atoms with E-state index in [0.717, 1.165) is 38.4 Å². The molecule has 18 heavy (non-hydrogen) atoms. The minimum atomic E-state index is -0.248. The molecular formula is C13H25ClN2O2. The zero-order chi connectivity index (χ0) is 12.1. The standard InChI is InChI=1S/C13H24N2O2.ClH/c1-2-11-4-3-7-15(8-5-11)13(16)12-10-14-6-9-17-12;/h11-12,14H,2-10H2,1H3;1H. The Morgan fingerprint density at radius 2 is 2.22 bits per heavy atom. The van der Waals surface area contributed by atoms with Crippen molar-refractivity contribution in [1.82, 2.24) is 10.2 Å². The second-order valence-electron chi connectivity index (χ2n) is 5.09. The van der Waals surface area contributed by atoms with E-state index < -0.39 is 0 Å². The van der Waals surface area contributed by atoms with Gasteiger partial charge in [-0.1, -0.05) is 13.3 Å². The second kappa shape index (κ2) is 7.97. The Labute approximate surface area is 116 Å². The first-order valence-electron chi connectivity index (χ1n) is 6.92. The summed E-state index contributed by atoms with van der Waals surface area (Å²) in [6.07, 6.45) is 4.56. The summed E-state index contributed by atoms with van der Waals surface area (Å²) in [5.41, 5.74) is 0. The van der Waals surface area contributed by atoms with Crippen molar-refractivity contribution >= 4 is 18.3 Å². The maximum atomic E-state index is 12.3. The molecule has 0 aromatic carbocycles. The minimum absolute atomic E-state index is 0. The van der Waals surface area contributed by atoms with Gasteiger partial charge in [-0.15, -0.1) is 12.4 Å². The molecule has 2 rings (SSSR count). The van der Waals surface area contributed by atoms with Gasteiger partial charge in [-0.3, -0.25) is 4.79 Å². The quantitative estimate of drug-likeness (QED) is 0.830. The van der Waals surface area contributed by atoms with Gasteiger partial charge in [0, 0.05) is 26.2 Å². The Morgan fingerprint density at radius 3 is 2.89 bits per heavy atom. The Balaban J connectivity index is 0.00000162. The fourth-order valence-electron chi connectivity index (χ4n) is 2.72. The predicted octanol–water partition coefficient (Wildman–Crippen LogP) is 1.44. The van der Waals surface area contributed by atoms with Crippen molar-refractivity contribution in [3.05, 3.63) is 0 Å². The van der Waals surface area contributed by atoms with E-state index in [1.54, 1.807) is 0 Å². The van der Waals surface area contributed by atoms with Crippen LogP contribution in [0.2, 0.25) is 0 Å². The maximum absolute atomic E-state index is 12.3. The lowest BCUT2D eigenvalue weighted by Gasteiger charge is -2.29. The molecule has 2 aliphatic heterocycles. The predicted molar refractivity (Wildman–Crippen MR) is 74.1 cm³/mol. The molecule has 0 saturated carbocycles. The average Bonchev–Trinajstić information content (AvgIpc) is 2.64. The van der Waals surface area contributed by atoms with Crippen LogP contribution in [-0.4, -0.2) is 49.7 Å². The van der Waals surface area contributed by atoms with Crippen LogP contribution in [-0.2, 0) is 9.53 Å². The first kappa shape index (κ1) is 15.7. The molecule has 2 fully saturated rings. The monoisotopic (exact) mass is 276 g/mol. The second-order valence-corrected chi connectivity index (χ2v) is 5.09. The molecule has 1 amide bonds. The fourth-order valence-corrected chi connectivity index (χ4v) is 2.72. The van der Waals surface area contributed by atoms with Gasteiger partial charge in [-0.25, -0.2) is 0 Å². The molecule has 0 aliphatic carbocycles.